The number of nitrogens with one attached hydrogen (secondary N) is 1. The van der Waals surface area contributed by atoms with Crippen molar-refractivity contribution in [3.63, 3.8) is 0 Å². The first kappa shape index (κ1) is 15.8. The first-order valence-electron chi connectivity index (χ1n) is 8.68. The Labute approximate surface area is 137 Å². The predicted molar refractivity (Wildman–Crippen MR) is 92.4 cm³/mol. The van der Waals surface area contributed by atoms with Gasteiger partial charge in [0.25, 0.3) is 0 Å². The molecule has 6 heteroatoms. The topological polar surface area (TPSA) is 80.6 Å². The minimum Gasteiger partial charge on any atom is -0.370 e. The smallest absolute Gasteiger partial charge is 0.188 e. The van der Waals surface area contributed by atoms with Gasteiger partial charge in [-0.3, -0.25) is 9.39 Å². The molecule has 3 rings (SSSR count). The molecule has 0 bridgehead atoms. The van der Waals surface area contributed by atoms with Crippen LogP contribution in [0.5, 0.6) is 0 Å². The molecule has 0 aliphatic heterocycles. The third kappa shape index (κ3) is 4.43. The number of guanidine groups is 1. The third-order valence-corrected chi connectivity index (χ3v) is 4.43. The average Bonchev–Trinajstić information content (AvgIpc) is 2.80. The van der Waals surface area contributed by atoms with Crippen LogP contribution < -0.4 is 11.1 Å². The van der Waals surface area contributed by atoms with Crippen LogP contribution in [0.2, 0.25) is 0 Å². The maximum absolute atomic E-state index is 6.01. The van der Waals surface area contributed by atoms with Crippen molar-refractivity contribution in [2.75, 3.05) is 6.54 Å². The highest BCUT2D eigenvalue weighted by Gasteiger charge is 2.12. The van der Waals surface area contributed by atoms with E-state index < -0.39 is 0 Å². The highest BCUT2D eigenvalue weighted by atomic mass is 15.2. The van der Waals surface area contributed by atoms with E-state index in [0.717, 1.165) is 24.3 Å². The molecule has 1 aliphatic rings. The molecule has 0 radical (unpaired) electrons. The maximum Gasteiger partial charge on any atom is 0.188 e. The lowest BCUT2D eigenvalue weighted by atomic mass is 10.1. The lowest BCUT2D eigenvalue weighted by Gasteiger charge is -2.16. The second-order valence-corrected chi connectivity index (χ2v) is 6.25. The van der Waals surface area contributed by atoms with Gasteiger partial charge >= 0.3 is 0 Å². The summed E-state index contributed by atoms with van der Waals surface area (Å²) in [5, 5.41) is 11.8. The zero-order valence-electron chi connectivity index (χ0n) is 13.6. The molecule has 3 N–H and O–H groups in total. The van der Waals surface area contributed by atoms with E-state index in [1.807, 2.05) is 28.8 Å². The number of hydrogen-bond acceptors (Lipinski definition) is 3. The normalized spacial score (nSPS) is 17.3. The van der Waals surface area contributed by atoms with Crippen LogP contribution in [0.1, 0.15) is 50.8 Å². The molecule has 1 aliphatic carbocycles. The molecule has 1 saturated carbocycles. The first-order chi connectivity index (χ1) is 11.3. The van der Waals surface area contributed by atoms with E-state index in [-0.39, 0.29) is 0 Å². The van der Waals surface area contributed by atoms with Crippen LogP contribution in [0, 0.1) is 0 Å². The zero-order valence-corrected chi connectivity index (χ0v) is 13.6. The number of aryl methyl sites for hydroxylation is 1. The summed E-state index contributed by atoms with van der Waals surface area (Å²) in [4.78, 5) is 4.45. The van der Waals surface area contributed by atoms with Crippen molar-refractivity contribution >= 4 is 11.6 Å². The number of aliphatic imine (C=N–C) groups is 1. The van der Waals surface area contributed by atoms with Crippen molar-refractivity contribution in [1.82, 2.24) is 19.9 Å². The van der Waals surface area contributed by atoms with Gasteiger partial charge < -0.3 is 11.1 Å². The van der Waals surface area contributed by atoms with Crippen molar-refractivity contribution in [3.8, 4) is 0 Å². The molecule has 6 nitrogen and oxygen atoms in total. The zero-order chi connectivity index (χ0) is 15.9. The number of fused-ring (bicyclic) bond motifs is 1. The van der Waals surface area contributed by atoms with Crippen molar-refractivity contribution in [1.29, 1.82) is 0 Å². The third-order valence-electron chi connectivity index (χ3n) is 4.43. The molecule has 2 heterocycles. The Morgan fingerprint density at radius 1 is 1.22 bits per heavy atom. The van der Waals surface area contributed by atoms with Crippen molar-refractivity contribution < 1.29 is 0 Å². The van der Waals surface area contributed by atoms with E-state index in [1.165, 1.54) is 38.5 Å². The Morgan fingerprint density at radius 2 is 2.04 bits per heavy atom. The van der Waals surface area contributed by atoms with E-state index in [1.54, 1.807) is 0 Å². The van der Waals surface area contributed by atoms with Gasteiger partial charge in [-0.05, 0) is 31.4 Å². The number of rotatable bonds is 5. The summed E-state index contributed by atoms with van der Waals surface area (Å²) in [6, 6.07) is 6.43. The molecule has 124 valence electrons. The number of nitrogens with zero attached hydrogens (tertiary/aromatic N) is 4. The van der Waals surface area contributed by atoms with Crippen LogP contribution in [0.25, 0.3) is 5.65 Å². The lowest BCUT2D eigenvalue weighted by Crippen LogP contribution is -2.39. The highest BCUT2D eigenvalue weighted by Crippen LogP contribution is 2.16. The van der Waals surface area contributed by atoms with E-state index in [9.17, 15) is 0 Å². The van der Waals surface area contributed by atoms with E-state index in [0.29, 0.717) is 18.5 Å². The fourth-order valence-corrected chi connectivity index (χ4v) is 3.18. The van der Waals surface area contributed by atoms with Gasteiger partial charge in [0.1, 0.15) is 5.82 Å². The van der Waals surface area contributed by atoms with Gasteiger partial charge in [0, 0.05) is 25.2 Å². The Balaban J connectivity index is 1.44. The van der Waals surface area contributed by atoms with E-state index in [2.05, 4.69) is 20.5 Å². The van der Waals surface area contributed by atoms with Crippen LogP contribution in [-0.2, 0) is 6.42 Å². The van der Waals surface area contributed by atoms with Crippen LogP contribution in [0.3, 0.4) is 0 Å². The van der Waals surface area contributed by atoms with Crippen molar-refractivity contribution in [2.45, 2.75) is 57.4 Å². The molecule has 0 spiro atoms. The largest absolute Gasteiger partial charge is 0.370 e. The quantitative estimate of drug-likeness (QED) is 0.384. The predicted octanol–water partition coefficient (Wildman–Crippen LogP) is 2.29. The molecule has 0 atom stereocenters. The number of pyridine rings is 1. The summed E-state index contributed by atoms with van der Waals surface area (Å²) in [6.07, 6.45) is 11.5. The van der Waals surface area contributed by atoms with Gasteiger partial charge in [0.2, 0.25) is 0 Å². The molecular weight excluding hydrogens is 288 g/mol. The summed E-state index contributed by atoms with van der Waals surface area (Å²) in [5.74, 6) is 1.56. The van der Waals surface area contributed by atoms with Crippen LogP contribution in [-0.4, -0.2) is 33.1 Å². The molecule has 1 fully saturated rings. The monoisotopic (exact) mass is 314 g/mol. The molecule has 0 amide bonds. The standard InChI is InChI=1S/C17H26N6/c18-17(20-14-8-3-1-2-4-9-14)19-12-7-11-16-22-21-15-10-5-6-13-23(15)16/h5-6,10,13-14H,1-4,7-9,11-12H2,(H3,18,19,20). The van der Waals surface area contributed by atoms with Crippen molar-refractivity contribution in [3.05, 3.63) is 30.2 Å². The summed E-state index contributed by atoms with van der Waals surface area (Å²) in [7, 11) is 0. The molecule has 0 aromatic carbocycles. The van der Waals surface area contributed by atoms with Gasteiger partial charge in [-0.2, -0.15) is 0 Å². The summed E-state index contributed by atoms with van der Waals surface area (Å²) in [6.45, 7) is 0.716. The van der Waals surface area contributed by atoms with Gasteiger partial charge in [0.05, 0.1) is 0 Å². The minimum absolute atomic E-state index is 0.502. The summed E-state index contributed by atoms with van der Waals surface area (Å²) < 4.78 is 2.02. The van der Waals surface area contributed by atoms with Gasteiger partial charge in [0.15, 0.2) is 11.6 Å². The molecule has 0 unspecified atom stereocenters. The fourth-order valence-electron chi connectivity index (χ4n) is 3.18. The first-order valence-corrected chi connectivity index (χ1v) is 8.68. The van der Waals surface area contributed by atoms with Gasteiger partial charge in [-0.1, -0.05) is 31.7 Å². The van der Waals surface area contributed by atoms with Crippen LogP contribution in [0.4, 0.5) is 0 Å². The maximum atomic E-state index is 6.01. The van der Waals surface area contributed by atoms with Gasteiger partial charge in [-0.25, -0.2) is 0 Å². The van der Waals surface area contributed by atoms with Gasteiger partial charge in [-0.15, -0.1) is 10.2 Å². The summed E-state index contributed by atoms with van der Waals surface area (Å²) in [5.41, 5.74) is 6.90. The average molecular weight is 314 g/mol. The van der Waals surface area contributed by atoms with E-state index in [4.69, 9.17) is 5.73 Å². The molecule has 0 saturated heterocycles. The molecule has 2 aromatic rings. The Kier molecular flexibility index (Phi) is 5.45. The molecule has 23 heavy (non-hydrogen) atoms. The number of hydrogen-bond donors (Lipinski definition) is 2. The SMILES string of the molecule is NC(=NCCCc1nnc2ccccn12)NC1CCCCCC1. The Bertz CT molecular complexity index is 639. The van der Waals surface area contributed by atoms with Crippen LogP contribution >= 0.6 is 0 Å². The van der Waals surface area contributed by atoms with Crippen LogP contribution in [0.15, 0.2) is 29.4 Å². The van der Waals surface area contributed by atoms with Crippen molar-refractivity contribution in [2.24, 2.45) is 10.7 Å². The number of nitrogens with two attached hydrogens (primary N) is 1. The second kappa shape index (κ2) is 7.94. The number of aromatic nitrogens is 3. The molecular formula is C17H26N6. The van der Waals surface area contributed by atoms with E-state index >= 15 is 0 Å². The second-order valence-electron chi connectivity index (χ2n) is 6.25. The highest BCUT2D eigenvalue weighted by molar-refractivity contribution is 5.78. The Hall–Kier alpha value is -2.11. The lowest BCUT2D eigenvalue weighted by molar-refractivity contribution is 0.530. The molecule has 2 aromatic heterocycles. The Morgan fingerprint density at radius 3 is 2.87 bits per heavy atom. The summed E-state index contributed by atoms with van der Waals surface area (Å²) >= 11 is 0. The fraction of sp³-hybridized carbons (Fsp3) is 0.588. The minimum atomic E-state index is 0.502.